The molecule has 1 aromatic rings. The molecule has 3 unspecified atom stereocenters. The Balaban J connectivity index is 1.54. The number of unbranched alkanes of at least 4 members (excludes halogenated alkanes) is 1. The fourth-order valence-electron chi connectivity index (χ4n) is 5.91. The molecule has 3 aliphatic rings. The van der Waals surface area contributed by atoms with E-state index in [4.69, 9.17) is 15.2 Å². The first-order valence-electron chi connectivity index (χ1n) is 13.5. The Hall–Kier alpha value is -2.85. The van der Waals surface area contributed by atoms with Crippen molar-refractivity contribution >= 4 is 17.8 Å². The summed E-state index contributed by atoms with van der Waals surface area (Å²) in [7, 11) is 0. The topological polar surface area (TPSA) is 126 Å². The van der Waals surface area contributed by atoms with Crippen LogP contribution in [0.25, 0.3) is 0 Å². The number of amides is 2. The highest BCUT2D eigenvalue weighted by atomic mass is 16.7. The Morgan fingerprint density at radius 2 is 2.00 bits per heavy atom. The number of benzene rings is 1. The maximum absolute atomic E-state index is 13.3. The molecule has 3 atom stereocenters. The van der Waals surface area contributed by atoms with Crippen LogP contribution < -0.4 is 15.2 Å². The molecular weight excluding hydrogens is 476 g/mol. The standard InChI is InChI=1S/C27H40N4O6/c1-2-3-11-30(14-10-28)25(33)17-31-16-20(19-8-9-22-23(15-19)37-18-36-22)26(27(34)35)21(31)6-4-12-29-13-5-7-24(29)32/h8-9,15,20-21,26H,2-7,10-14,16-18,28H2,1H3,(H,34,35). The minimum atomic E-state index is -0.871. The van der Waals surface area contributed by atoms with Gasteiger partial charge in [0.2, 0.25) is 18.6 Å². The lowest BCUT2D eigenvalue weighted by Gasteiger charge is -2.30. The van der Waals surface area contributed by atoms with Crippen molar-refractivity contribution in [2.24, 2.45) is 11.7 Å². The number of aliphatic carboxylic acids is 1. The van der Waals surface area contributed by atoms with E-state index >= 15 is 0 Å². The van der Waals surface area contributed by atoms with E-state index in [1.807, 2.05) is 28.0 Å². The first kappa shape index (κ1) is 27.2. The van der Waals surface area contributed by atoms with Crippen LogP contribution in [0, 0.1) is 5.92 Å². The van der Waals surface area contributed by atoms with Crippen LogP contribution >= 0.6 is 0 Å². The van der Waals surface area contributed by atoms with Gasteiger partial charge in [-0.1, -0.05) is 19.4 Å². The van der Waals surface area contributed by atoms with Crippen LogP contribution in [-0.4, -0.2) is 96.2 Å². The highest BCUT2D eigenvalue weighted by Crippen LogP contribution is 2.43. The van der Waals surface area contributed by atoms with Gasteiger partial charge < -0.3 is 30.1 Å². The van der Waals surface area contributed by atoms with Gasteiger partial charge in [0.1, 0.15) is 0 Å². The van der Waals surface area contributed by atoms with Crippen molar-refractivity contribution < 1.29 is 29.0 Å². The maximum atomic E-state index is 13.3. The van der Waals surface area contributed by atoms with E-state index in [-0.39, 0.29) is 37.1 Å². The van der Waals surface area contributed by atoms with Crippen LogP contribution in [0.3, 0.4) is 0 Å². The van der Waals surface area contributed by atoms with Crippen molar-refractivity contribution in [2.45, 2.75) is 57.4 Å². The quantitative estimate of drug-likeness (QED) is 0.407. The summed E-state index contributed by atoms with van der Waals surface area (Å²) in [6.07, 6.45) is 4.63. The summed E-state index contributed by atoms with van der Waals surface area (Å²) in [5.74, 6) is -0.425. The lowest BCUT2D eigenvalue weighted by molar-refractivity contribution is -0.144. The molecule has 10 heteroatoms. The third kappa shape index (κ3) is 6.35. The van der Waals surface area contributed by atoms with Crippen molar-refractivity contribution in [1.82, 2.24) is 14.7 Å². The van der Waals surface area contributed by atoms with Crippen LogP contribution in [0.4, 0.5) is 0 Å². The number of nitrogens with zero attached hydrogens (tertiary/aromatic N) is 3. The predicted octanol–water partition coefficient (Wildman–Crippen LogP) is 1.87. The van der Waals surface area contributed by atoms with Gasteiger partial charge in [-0.25, -0.2) is 0 Å². The number of hydrogen-bond donors (Lipinski definition) is 2. The number of carbonyl (C=O) groups is 3. The molecular formula is C27H40N4O6. The molecule has 10 nitrogen and oxygen atoms in total. The van der Waals surface area contributed by atoms with Crippen molar-refractivity contribution in [2.75, 3.05) is 52.6 Å². The van der Waals surface area contributed by atoms with E-state index in [0.717, 1.165) is 31.4 Å². The van der Waals surface area contributed by atoms with Gasteiger partial charge >= 0.3 is 5.97 Å². The second-order valence-electron chi connectivity index (χ2n) is 10.2. The lowest BCUT2D eigenvalue weighted by Crippen LogP contribution is -2.45. The van der Waals surface area contributed by atoms with Crippen LogP contribution in [0.2, 0.25) is 0 Å². The molecule has 4 rings (SSSR count). The minimum absolute atomic E-state index is 0.0194. The summed E-state index contributed by atoms with van der Waals surface area (Å²) in [6, 6.07) is 5.28. The number of carboxylic acids is 1. The molecule has 2 fully saturated rings. The first-order valence-corrected chi connectivity index (χ1v) is 13.5. The minimum Gasteiger partial charge on any atom is -0.481 e. The molecule has 0 aromatic heterocycles. The summed E-state index contributed by atoms with van der Waals surface area (Å²) in [5, 5.41) is 10.4. The molecule has 3 N–H and O–H groups in total. The number of fused-ring (bicyclic) bond motifs is 1. The second-order valence-corrected chi connectivity index (χ2v) is 10.2. The van der Waals surface area contributed by atoms with Gasteiger partial charge in [-0.3, -0.25) is 19.3 Å². The Morgan fingerprint density at radius 1 is 1.19 bits per heavy atom. The average Bonchev–Trinajstić information content (AvgIpc) is 3.60. The van der Waals surface area contributed by atoms with Gasteiger partial charge in [0.15, 0.2) is 11.5 Å². The highest BCUT2D eigenvalue weighted by Gasteiger charge is 2.47. The summed E-state index contributed by atoms with van der Waals surface area (Å²) in [4.78, 5) is 43.8. The number of likely N-dealkylation sites (tertiary alicyclic amines) is 2. The third-order valence-corrected chi connectivity index (χ3v) is 7.83. The Kier molecular flexibility index (Phi) is 9.26. The zero-order chi connectivity index (χ0) is 26.4. The Morgan fingerprint density at radius 3 is 2.70 bits per heavy atom. The molecule has 0 aliphatic carbocycles. The second kappa shape index (κ2) is 12.6. The lowest BCUT2D eigenvalue weighted by atomic mass is 9.83. The molecule has 0 radical (unpaired) electrons. The van der Waals surface area contributed by atoms with Crippen molar-refractivity contribution in [1.29, 1.82) is 0 Å². The zero-order valence-electron chi connectivity index (χ0n) is 21.8. The van der Waals surface area contributed by atoms with Crippen LogP contribution in [0.1, 0.15) is 56.9 Å². The molecule has 37 heavy (non-hydrogen) atoms. The van der Waals surface area contributed by atoms with Gasteiger partial charge in [-0.15, -0.1) is 0 Å². The molecule has 0 bridgehead atoms. The highest BCUT2D eigenvalue weighted by molar-refractivity contribution is 5.79. The normalized spacial score (nSPS) is 23.1. The van der Waals surface area contributed by atoms with Crippen molar-refractivity contribution in [3.05, 3.63) is 23.8 Å². The number of rotatable bonds is 13. The van der Waals surface area contributed by atoms with Gasteiger partial charge in [0.05, 0.1) is 12.5 Å². The van der Waals surface area contributed by atoms with E-state index in [9.17, 15) is 19.5 Å². The zero-order valence-corrected chi connectivity index (χ0v) is 21.8. The fourth-order valence-corrected chi connectivity index (χ4v) is 5.91. The smallest absolute Gasteiger partial charge is 0.308 e. The number of carboxylic acid groups (broad SMARTS) is 1. The van der Waals surface area contributed by atoms with Crippen LogP contribution in [-0.2, 0) is 14.4 Å². The Labute approximate surface area is 218 Å². The summed E-state index contributed by atoms with van der Waals surface area (Å²) in [5.41, 5.74) is 6.65. The molecule has 204 valence electrons. The van der Waals surface area contributed by atoms with Gasteiger partial charge in [-0.2, -0.15) is 0 Å². The molecule has 1 aromatic carbocycles. The van der Waals surface area contributed by atoms with Crippen molar-refractivity contribution in [3.8, 4) is 11.5 Å². The van der Waals surface area contributed by atoms with Gasteiger partial charge in [0.25, 0.3) is 0 Å². The molecule has 3 aliphatic heterocycles. The number of ether oxygens (including phenoxy) is 2. The fraction of sp³-hybridized carbons (Fsp3) is 0.667. The Bertz CT molecular complexity index is 972. The molecule has 3 heterocycles. The number of carbonyl (C=O) groups excluding carboxylic acids is 2. The van der Waals surface area contributed by atoms with Crippen molar-refractivity contribution in [3.63, 3.8) is 0 Å². The van der Waals surface area contributed by atoms with E-state index in [0.29, 0.717) is 63.5 Å². The van der Waals surface area contributed by atoms with E-state index in [1.165, 1.54) is 0 Å². The van der Waals surface area contributed by atoms with Gasteiger partial charge in [0, 0.05) is 57.6 Å². The summed E-state index contributed by atoms with van der Waals surface area (Å²) < 4.78 is 11.0. The van der Waals surface area contributed by atoms with Crippen LogP contribution in [0.5, 0.6) is 11.5 Å². The monoisotopic (exact) mass is 516 g/mol. The molecule has 0 spiro atoms. The summed E-state index contributed by atoms with van der Waals surface area (Å²) in [6.45, 7) is 5.76. The van der Waals surface area contributed by atoms with E-state index in [2.05, 4.69) is 6.92 Å². The maximum Gasteiger partial charge on any atom is 0.308 e. The first-order chi connectivity index (χ1) is 17.9. The molecule has 2 amide bonds. The predicted molar refractivity (Wildman–Crippen MR) is 137 cm³/mol. The summed E-state index contributed by atoms with van der Waals surface area (Å²) >= 11 is 0. The largest absolute Gasteiger partial charge is 0.481 e. The number of hydrogen-bond acceptors (Lipinski definition) is 7. The molecule has 2 saturated heterocycles. The SMILES string of the molecule is CCCCN(CCN)C(=O)CN1CC(c2ccc3c(c2)OCO3)C(C(=O)O)C1CCCN1CCCC1=O. The third-order valence-electron chi connectivity index (χ3n) is 7.83. The van der Waals surface area contributed by atoms with E-state index in [1.54, 1.807) is 4.90 Å². The van der Waals surface area contributed by atoms with E-state index < -0.39 is 11.9 Å². The van der Waals surface area contributed by atoms with Gasteiger partial charge in [-0.05, 0) is 43.4 Å². The number of nitrogens with two attached hydrogens (primary N) is 1. The molecule has 0 saturated carbocycles. The van der Waals surface area contributed by atoms with Crippen LogP contribution in [0.15, 0.2) is 18.2 Å². The average molecular weight is 517 g/mol.